The molecule has 3 rings (SSSR count). The van der Waals surface area contributed by atoms with Crippen LogP contribution in [-0.2, 0) is 14.3 Å². The lowest BCUT2D eigenvalue weighted by Gasteiger charge is -2.27. The lowest BCUT2D eigenvalue weighted by atomic mass is 10.1. The lowest BCUT2D eigenvalue weighted by Crippen LogP contribution is -2.44. The summed E-state index contributed by atoms with van der Waals surface area (Å²) >= 11 is 0. The number of morpholine rings is 1. The fourth-order valence-electron chi connectivity index (χ4n) is 3.47. The van der Waals surface area contributed by atoms with Gasteiger partial charge >= 0.3 is 6.03 Å². The maximum atomic E-state index is 12.5. The molecule has 2 unspecified atom stereocenters. The highest BCUT2D eigenvalue weighted by molar-refractivity contribution is 6.05. The number of aliphatic hydroxyl groups is 1. The summed E-state index contributed by atoms with van der Waals surface area (Å²) in [5.74, 6) is -0.0341. The van der Waals surface area contributed by atoms with Gasteiger partial charge in [-0.15, -0.1) is 0 Å². The number of nitrogens with one attached hydrogen (secondary N) is 1. The van der Waals surface area contributed by atoms with Crippen molar-refractivity contribution in [2.45, 2.75) is 32.4 Å². The largest absolute Gasteiger partial charge is 0.490 e. The molecule has 4 amide bonds. The number of imide groups is 1. The Bertz CT molecular complexity index is 757. The van der Waals surface area contributed by atoms with Crippen LogP contribution in [0.15, 0.2) is 18.2 Å². The predicted molar refractivity (Wildman–Crippen MR) is 103 cm³/mol. The van der Waals surface area contributed by atoms with Crippen molar-refractivity contribution in [2.75, 3.05) is 39.5 Å². The third-order valence-corrected chi connectivity index (χ3v) is 5.07. The molecular weight excluding hydrogens is 378 g/mol. The molecule has 9 nitrogen and oxygen atoms in total. The van der Waals surface area contributed by atoms with Crippen LogP contribution in [0, 0.1) is 13.8 Å². The number of hydrogen-bond donors (Lipinski definition) is 2. The van der Waals surface area contributed by atoms with Crippen molar-refractivity contribution >= 4 is 17.8 Å². The van der Waals surface area contributed by atoms with E-state index in [-0.39, 0.29) is 25.5 Å². The number of urea groups is 1. The monoisotopic (exact) mass is 405 g/mol. The van der Waals surface area contributed by atoms with Crippen LogP contribution in [0.4, 0.5) is 4.79 Å². The van der Waals surface area contributed by atoms with Gasteiger partial charge in [0.05, 0.1) is 26.2 Å². The zero-order chi connectivity index (χ0) is 21.0. The normalized spacial score (nSPS) is 20.6. The number of carbonyl (C=O) groups is 3. The van der Waals surface area contributed by atoms with E-state index >= 15 is 0 Å². The van der Waals surface area contributed by atoms with Crippen LogP contribution in [0.5, 0.6) is 5.75 Å². The van der Waals surface area contributed by atoms with Crippen molar-refractivity contribution in [3.8, 4) is 5.75 Å². The Morgan fingerprint density at radius 3 is 2.59 bits per heavy atom. The van der Waals surface area contributed by atoms with Crippen molar-refractivity contribution in [1.82, 2.24) is 15.1 Å². The van der Waals surface area contributed by atoms with Crippen LogP contribution in [0.3, 0.4) is 0 Å². The van der Waals surface area contributed by atoms with Crippen LogP contribution >= 0.6 is 0 Å². The second-order valence-electron chi connectivity index (χ2n) is 7.33. The highest BCUT2D eigenvalue weighted by Crippen LogP contribution is 2.22. The molecule has 9 heteroatoms. The van der Waals surface area contributed by atoms with Gasteiger partial charge in [-0.25, -0.2) is 4.79 Å². The number of hydrogen-bond acceptors (Lipinski definition) is 6. The second-order valence-corrected chi connectivity index (χ2v) is 7.33. The molecule has 0 aliphatic carbocycles. The maximum absolute atomic E-state index is 12.5. The molecule has 1 aromatic carbocycles. The van der Waals surface area contributed by atoms with Crippen LogP contribution in [0.1, 0.15) is 17.5 Å². The number of rotatable bonds is 7. The van der Waals surface area contributed by atoms with Gasteiger partial charge in [0.2, 0.25) is 5.91 Å². The van der Waals surface area contributed by atoms with Crippen LogP contribution < -0.4 is 10.1 Å². The average molecular weight is 405 g/mol. The maximum Gasteiger partial charge on any atom is 0.324 e. The van der Waals surface area contributed by atoms with Gasteiger partial charge in [-0.3, -0.25) is 14.5 Å². The van der Waals surface area contributed by atoms with Gasteiger partial charge in [0.15, 0.2) is 0 Å². The number of carbonyl (C=O) groups excluding carboxylic acids is 3. The van der Waals surface area contributed by atoms with Gasteiger partial charge in [-0.2, -0.15) is 0 Å². The summed E-state index contributed by atoms with van der Waals surface area (Å²) in [4.78, 5) is 39.6. The van der Waals surface area contributed by atoms with Crippen molar-refractivity contribution in [1.29, 1.82) is 0 Å². The molecule has 2 aliphatic rings. The molecule has 2 aliphatic heterocycles. The summed E-state index contributed by atoms with van der Waals surface area (Å²) in [6.07, 6.45) is -1.15. The van der Waals surface area contributed by atoms with E-state index < -0.39 is 24.1 Å². The van der Waals surface area contributed by atoms with Crippen molar-refractivity contribution in [3.63, 3.8) is 0 Å². The Kier molecular flexibility index (Phi) is 6.71. The molecule has 1 aromatic rings. The SMILES string of the molecule is Cc1cccc(C)c1OCC(O)CN1C(=O)NC(CC(=O)N2CCOCC2)C1=O. The third-order valence-electron chi connectivity index (χ3n) is 5.07. The number of aryl methyl sites for hydroxylation is 2. The highest BCUT2D eigenvalue weighted by atomic mass is 16.5. The minimum Gasteiger partial charge on any atom is -0.490 e. The van der Waals surface area contributed by atoms with Crippen LogP contribution in [-0.4, -0.2) is 84.4 Å². The van der Waals surface area contributed by atoms with E-state index in [4.69, 9.17) is 9.47 Å². The average Bonchev–Trinajstić information content (AvgIpc) is 2.95. The summed E-state index contributed by atoms with van der Waals surface area (Å²) in [6, 6.07) is 4.20. The molecule has 2 atom stereocenters. The zero-order valence-electron chi connectivity index (χ0n) is 16.7. The minimum atomic E-state index is -1.04. The summed E-state index contributed by atoms with van der Waals surface area (Å²) in [6.45, 7) is 5.45. The molecule has 2 heterocycles. The highest BCUT2D eigenvalue weighted by Gasteiger charge is 2.40. The van der Waals surface area contributed by atoms with E-state index in [0.717, 1.165) is 16.0 Å². The van der Waals surface area contributed by atoms with E-state index in [1.54, 1.807) is 4.90 Å². The first-order valence-corrected chi connectivity index (χ1v) is 9.71. The summed E-state index contributed by atoms with van der Waals surface area (Å²) < 4.78 is 10.9. The number of β-amino-alcohol motifs (C(OH)–C–C–N with tert-alkyl or cyclic N) is 1. The first kappa shape index (κ1) is 21.1. The second kappa shape index (κ2) is 9.23. The van der Waals surface area contributed by atoms with E-state index in [9.17, 15) is 19.5 Å². The summed E-state index contributed by atoms with van der Waals surface area (Å²) in [5, 5.41) is 12.8. The quantitative estimate of drug-likeness (QED) is 0.628. The Morgan fingerprint density at radius 1 is 1.28 bits per heavy atom. The molecule has 0 saturated carbocycles. The van der Waals surface area contributed by atoms with Gasteiger partial charge in [-0.05, 0) is 25.0 Å². The molecule has 2 saturated heterocycles. The number of nitrogens with zero attached hydrogens (tertiary/aromatic N) is 2. The molecule has 158 valence electrons. The molecule has 0 radical (unpaired) electrons. The molecule has 29 heavy (non-hydrogen) atoms. The lowest BCUT2D eigenvalue weighted by molar-refractivity contribution is -0.138. The number of amides is 4. The fourth-order valence-corrected chi connectivity index (χ4v) is 3.47. The number of aliphatic hydroxyl groups excluding tert-OH is 1. The minimum absolute atomic E-state index is 0.0554. The Hall–Kier alpha value is -2.65. The molecular formula is C20H27N3O6. The Balaban J connectivity index is 1.52. The van der Waals surface area contributed by atoms with Crippen LogP contribution in [0.25, 0.3) is 0 Å². The first-order chi connectivity index (χ1) is 13.9. The molecule has 0 spiro atoms. The number of para-hydroxylation sites is 1. The number of ether oxygens (including phenoxy) is 2. The van der Waals surface area contributed by atoms with Crippen molar-refractivity contribution < 1.29 is 29.0 Å². The van der Waals surface area contributed by atoms with Crippen molar-refractivity contribution in [2.24, 2.45) is 0 Å². The van der Waals surface area contributed by atoms with Crippen LogP contribution in [0.2, 0.25) is 0 Å². The van der Waals surface area contributed by atoms with E-state index in [0.29, 0.717) is 32.1 Å². The van der Waals surface area contributed by atoms with E-state index in [1.807, 2.05) is 32.0 Å². The Morgan fingerprint density at radius 2 is 1.93 bits per heavy atom. The topological polar surface area (TPSA) is 108 Å². The summed E-state index contributed by atoms with van der Waals surface area (Å²) in [7, 11) is 0. The van der Waals surface area contributed by atoms with E-state index in [1.165, 1.54) is 0 Å². The van der Waals surface area contributed by atoms with Gasteiger partial charge in [0, 0.05) is 13.1 Å². The molecule has 2 N–H and O–H groups in total. The van der Waals surface area contributed by atoms with Gasteiger partial charge < -0.3 is 24.8 Å². The number of benzene rings is 1. The van der Waals surface area contributed by atoms with Crippen molar-refractivity contribution in [3.05, 3.63) is 29.3 Å². The first-order valence-electron chi connectivity index (χ1n) is 9.71. The molecule has 2 fully saturated rings. The molecule has 0 bridgehead atoms. The zero-order valence-corrected chi connectivity index (χ0v) is 16.7. The van der Waals surface area contributed by atoms with Gasteiger partial charge in [-0.1, -0.05) is 18.2 Å². The third kappa shape index (κ3) is 5.04. The predicted octanol–water partition coefficient (Wildman–Crippen LogP) is 0.212. The smallest absolute Gasteiger partial charge is 0.324 e. The fraction of sp³-hybridized carbons (Fsp3) is 0.550. The van der Waals surface area contributed by atoms with E-state index in [2.05, 4.69) is 5.32 Å². The van der Waals surface area contributed by atoms with Gasteiger partial charge in [0.25, 0.3) is 5.91 Å². The Labute approximate surface area is 169 Å². The summed E-state index contributed by atoms with van der Waals surface area (Å²) in [5.41, 5.74) is 1.88. The standard InChI is InChI=1S/C20H27N3O6/c1-13-4-3-5-14(2)18(13)29-12-15(24)11-23-19(26)16(21-20(23)27)10-17(25)22-6-8-28-9-7-22/h3-5,15-16,24H,6-12H2,1-2H3,(H,21,27). The molecule has 0 aromatic heterocycles. The van der Waals surface area contributed by atoms with Gasteiger partial charge in [0.1, 0.15) is 24.5 Å².